The van der Waals surface area contributed by atoms with E-state index in [0.29, 0.717) is 0 Å². The van der Waals surface area contributed by atoms with Crippen LogP contribution in [0.5, 0.6) is 0 Å². The van der Waals surface area contributed by atoms with Gasteiger partial charge in [0.15, 0.2) is 5.82 Å². The predicted octanol–water partition coefficient (Wildman–Crippen LogP) is 1.33. The number of aryl methyl sites for hydroxylation is 3. The Hall–Kier alpha value is -1.75. The summed E-state index contributed by atoms with van der Waals surface area (Å²) in [6, 6.07) is 6.71. The van der Waals surface area contributed by atoms with E-state index >= 15 is 0 Å². The maximum atomic E-state index is 4.23. The summed E-state index contributed by atoms with van der Waals surface area (Å²) in [5.41, 5.74) is 3.84. The Morgan fingerprint density at radius 3 is 2.72 bits per heavy atom. The summed E-state index contributed by atoms with van der Waals surface area (Å²) >= 11 is 0. The van der Waals surface area contributed by atoms with Gasteiger partial charge in [0.1, 0.15) is 0 Å². The molecule has 2 rings (SSSR count). The molecule has 1 unspecified atom stereocenters. The number of hydrogen-bond acceptors (Lipinski definition) is 4. The van der Waals surface area contributed by atoms with Crippen molar-refractivity contribution in [3.05, 3.63) is 40.7 Å². The normalized spacial score (nSPS) is 12.7. The number of nitrogens with zero attached hydrogens (tertiary/aromatic N) is 4. The van der Waals surface area contributed by atoms with Crippen LogP contribution in [0.25, 0.3) is 0 Å². The lowest BCUT2D eigenvalue weighted by molar-refractivity contribution is 0.567. The molecule has 0 aliphatic carbocycles. The van der Waals surface area contributed by atoms with Gasteiger partial charge in [-0.05, 0) is 37.2 Å². The minimum absolute atomic E-state index is 0.217. The third-order valence-corrected chi connectivity index (χ3v) is 3.10. The summed E-state index contributed by atoms with van der Waals surface area (Å²) in [5, 5.41) is 15.5. The maximum absolute atomic E-state index is 4.23. The van der Waals surface area contributed by atoms with Gasteiger partial charge >= 0.3 is 0 Å². The van der Waals surface area contributed by atoms with Crippen LogP contribution in [-0.4, -0.2) is 27.3 Å². The quantitative estimate of drug-likeness (QED) is 0.883. The lowest BCUT2D eigenvalue weighted by Crippen LogP contribution is -2.20. The molecule has 0 aliphatic rings. The summed E-state index contributed by atoms with van der Waals surface area (Å²) in [5.74, 6) is 0.762. The second-order valence-electron chi connectivity index (χ2n) is 4.60. The van der Waals surface area contributed by atoms with Gasteiger partial charge in [-0.25, -0.2) is 0 Å². The minimum Gasteiger partial charge on any atom is -0.313 e. The number of rotatable bonds is 4. The zero-order valence-corrected chi connectivity index (χ0v) is 11.3. The number of aromatic nitrogens is 4. The molecule has 0 amide bonds. The molecular formula is C13H19N5. The maximum Gasteiger partial charge on any atom is 0.176 e. The van der Waals surface area contributed by atoms with Crippen molar-refractivity contribution in [3.8, 4) is 0 Å². The molecule has 18 heavy (non-hydrogen) atoms. The largest absolute Gasteiger partial charge is 0.313 e. The molecule has 0 fully saturated rings. The minimum atomic E-state index is 0.217. The third-order valence-electron chi connectivity index (χ3n) is 3.10. The van der Waals surface area contributed by atoms with Crippen molar-refractivity contribution < 1.29 is 0 Å². The van der Waals surface area contributed by atoms with Gasteiger partial charge in [-0.15, -0.1) is 10.2 Å². The summed E-state index contributed by atoms with van der Waals surface area (Å²) in [6.45, 7) is 4.24. The van der Waals surface area contributed by atoms with E-state index in [-0.39, 0.29) is 6.04 Å². The van der Waals surface area contributed by atoms with E-state index in [4.69, 9.17) is 0 Å². The van der Waals surface area contributed by atoms with Crippen LogP contribution in [0.3, 0.4) is 0 Å². The fraction of sp³-hybridized carbons (Fsp3) is 0.462. The van der Waals surface area contributed by atoms with Gasteiger partial charge in [-0.3, -0.25) is 0 Å². The van der Waals surface area contributed by atoms with Crippen molar-refractivity contribution >= 4 is 0 Å². The molecule has 96 valence electrons. The fourth-order valence-electron chi connectivity index (χ4n) is 2.09. The molecule has 0 aliphatic heterocycles. The Balaban J connectivity index is 2.25. The first-order valence-electron chi connectivity index (χ1n) is 6.07. The van der Waals surface area contributed by atoms with Crippen molar-refractivity contribution in [2.24, 2.45) is 7.05 Å². The third kappa shape index (κ3) is 2.73. The topological polar surface area (TPSA) is 55.6 Å². The second kappa shape index (κ2) is 5.27. The smallest absolute Gasteiger partial charge is 0.176 e. The molecule has 1 aromatic carbocycles. The lowest BCUT2D eigenvalue weighted by Gasteiger charge is -2.18. The molecule has 5 nitrogen and oxygen atoms in total. The first-order chi connectivity index (χ1) is 8.60. The van der Waals surface area contributed by atoms with Crippen molar-refractivity contribution in [2.45, 2.75) is 26.3 Å². The number of nitrogens with one attached hydrogen (secondary N) is 1. The highest BCUT2D eigenvalue weighted by molar-refractivity contribution is 5.33. The first kappa shape index (κ1) is 12.7. The Morgan fingerprint density at radius 2 is 2.11 bits per heavy atom. The van der Waals surface area contributed by atoms with Crippen LogP contribution in [0.15, 0.2) is 18.2 Å². The molecule has 0 bridgehead atoms. The lowest BCUT2D eigenvalue weighted by atomic mass is 9.97. The highest BCUT2D eigenvalue weighted by Crippen LogP contribution is 2.21. The van der Waals surface area contributed by atoms with Crippen molar-refractivity contribution in [3.63, 3.8) is 0 Å². The average Bonchev–Trinajstić information content (AvgIpc) is 2.75. The number of benzene rings is 1. The van der Waals surface area contributed by atoms with Crippen LogP contribution in [0, 0.1) is 13.8 Å². The predicted molar refractivity (Wildman–Crippen MR) is 70.2 cm³/mol. The summed E-state index contributed by atoms with van der Waals surface area (Å²) < 4.78 is 0. The summed E-state index contributed by atoms with van der Waals surface area (Å²) in [7, 11) is 3.74. The highest BCUT2D eigenvalue weighted by atomic mass is 15.6. The van der Waals surface area contributed by atoms with Crippen LogP contribution >= 0.6 is 0 Å². The standard InChI is InChI=1S/C13H19N5/c1-9-5-6-10(2)11(7-9)12(14-3)8-13-15-17-18(4)16-13/h5-7,12,14H,8H2,1-4H3. The zero-order chi connectivity index (χ0) is 13.1. The summed E-state index contributed by atoms with van der Waals surface area (Å²) in [6.07, 6.45) is 0.745. The Morgan fingerprint density at radius 1 is 1.33 bits per heavy atom. The Bertz CT molecular complexity index is 532. The molecule has 1 N–H and O–H groups in total. The fourth-order valence-corrected chi connectivity index (χ4v) is 2.09. The molecule has 5 heteroatoms. The Labute approximate surface area is 107 Å². The molecule has 1 atom stereocenters. The highest BCUT2D eigenvalue weighted by Gasteiger charge is 2.15. The molecule has 2 aromatic rings. The second-order valence-corrected chi connectivity index (χ2v) is 4.60. The number of hydrogen-bond donors (Lipinski definition) is 1. The molecule has 0 spiro atoms. The van der Waals surface area contributed by atoms with E-state index in [1.807, 2.05) is 7.05 Å². The Kier molecular flexibility index (Phi) is 3.72. The van der Waals surface area contributed by atoms with Gasteiger partial charge in [-0.2, -0.15) is 4.80 Å². The van der Waals surface area contributed by atoms with Gasteiger partial charge in [0.05, 0.1) is 7.05 Å². The van der Waals surface area contributed by atoms with E-state index in [1.165, 1.54) is 21.5 Å². The van der Waals surface area contributed by atoms with Gasteiger partial charge in [0.25, 0.3) is 0 Å². The molecule has 0 radical (unpaired) electrons. The van der Waals surface area contributed by atoms with Crippen LogP contribution in [0.2, 0.25) is 0 Å². The average molecular weight is 245 g/mol. The van der Waals surface area contributed by atoms with E-state index in [0.717, 1.165) is 12.2 Å². The SMILES string of the molecule is CNC(Cc1nnn(C)n1)c1cc(C)ccc1C. The number of tetrazole rings is 1. The van der Waals surface area contributed by atoms with Gasteiger partial charge in [0.2, 0.25) is 0 Å². The first-order valence-corrected chi connectivity index (χ1v) is 6.07. The summed E-state index contributed by atoms with van der Waals surface area (Å²) in [4.78, 5) is 1.49. The van der Waals surface area contributed by atoms with E-state index in [2.05, 4.69) is 52.8 Å². The number of likely N-dealkylation sites (N-methyl/N-ethyl adjacent to an activating group) is 1. The molecule has 0 saturated heterocycles. The van der Waals surface area contributed by atoms with Gasteiger partial charge in [0, 0.05) is 12.5 Å². The molecule has 1 aromatic heterocycles. The molecule has 0 saturated carbocycles. The van der Waals surface area contributed by atoms with Crippen LogP contribution in [0.1, 0.15) is 28.6 Å². The zero-order valence-electron chi connectivity index (χ0n) is 11.3. The van der Waals surface area contributed by atoms with E-state index in [9.17, 15) is 0 Å². The van der Waals surface area contributed by atoms with E-state index in [1.54, 1.807) is 7.05 Å². The van der Waals surface area contributed by atoms with Crippen molar-refractivity contribution in [1.29, 1.82) is 0 Å². The van der Waals surface area contributed by atoms with Crippen molar-refractivity contribution in [1.82, 2.24) is 25.5 Å². The van der Waals surface area contributed by atoms with Gasteiger partial charge in [-0.1, -0.05) is 23.8 Å². The molecule has 1 heterocycles. The van der Waals surface area contributed by atoms with Gasteiger partial charge < -0.3 is 5.32 Å². The molecular weight excluding hydrogens is 226 g/mol. The van der Waals surface area contributed by atoms with E-state index < -0.39 is 0 Å². The van der Waals surface area contributed by atoms with Crippen molar-refractivity contribution in [2.75, 3.05) is 7.05 Å². The van der Waals surface area contributed by atoms with Crippen LogP contribution in [0.4, 0.5) is 0 Å². The monoisotopic (exact) mass is 245 g/mol. The van der Waals surface area contributed by atoms with Crippen LogP contribution in [-0.2, 0) is 13.5 Å². The van der Waals surface area contributed by atoms with Crippen LogP contribution < -0.4 is 5.32 Å².